The molecule has 1 heteroatoms. The lowest BCUT2D eigenvalue weighted by Gasteiger charge is -2.17. The van der Waals surface area contributed by atoms with Crippen LogP contribution in [0.4, 0.5) is 0 Å². The maximum Gasteiger partial charge on any atom is 0.0554 e. The maximum atomic E-state index is 6.44. The Labute approximate surface area is 122 Å². The van der Waals surface area contributed by atoms with Crippen LogP contribution in [0.15, 0.2) is 48.5 Å². The van der Waals surface area contributed by atoms with Crippen LogP contribution in [-0.2, 0) is 12.8 Å². The summed E-state index contributed by atoms with van der Waals surface area (Å²) in [7, 11) is 0. The first-order valence-corrected chi connectivity index (χ1v) is 7.54. The van der Waals surface area contributed by atoms with Gasteiger partial charge in [-0.05, 0) is 41.0 Å². The van der Waals surface area contributed by atoms with Gasteiger partial charge < -0.3 is 5.73 Å². The van der Waals surface area contributed by atoms with Crippen molar-refractivity contribution in [3.8, 4) is 0 Å². The zero-order valence-electron chi connectivity index (χ0n) is 12.8. The molecule has 0 heterocycles. The van der Waals surface area contributed by atoms with Crippen LogP contribution in [-0.4, -0.2) is 0 Å². The van der Waals surface area contributed by atoms with Gasteiger partial charge in [0, 0.05) is 0 Å². The fourth-order valence-electron chi connectivity index (χ4n) is 2.67. The van der Waals surface area contributed by atoms with Crippen LogP contribution in [0.25, 0.3) is 0 Å². The van der Waals surface area contributed by atoms with Crippen molar-refractivity contribution in [1.29, 1.82) is 0 Å². The first kappa shape index (κ1) is 14.8. The van der Waals surface area contributed by atoms with Crippen molar-refractivity contribution in [1.82, 2.24) is 0 Å². The van der Waals surface area contributed by atoms with Crippen LogP contribution >= 0.6 is 0 Å². The Bertz CT molecular complexity index is 540. The third-order valence-electron chi connectivity index (χ3n) is 3.75. The van der Waals surface area contributed by atoms with Gasteiger partial charge in [0.1, 0.15) is 0 Å². The van der Waals surface area contributed by atoms with Crippen LogP contribution in [0.3, 0.4) is 0 Å². The summed E-state index contributed by atoms with van der Waals surface area (Å²) in [4.78, 5) is 0. The minimum Gasteiger partial charge on any atom is -0.320 e. The second-order valence-electron chi connectivity index (χ2n) is 5.87. The van der Waals surface area contributed by atoms with Crippen LogP contribution in [0, 0.1) is 5.92 Å². The van der Waals surface area contributed by atoms with Gasteiger partial charge in [-0.25, -0.2) is 0 Å². The number of aryl methyl sites for hydroxylation is 1. The largest absolute Gasteiger partial charge is 0.320 e. The average molecular weight is 267 g/mol. The van der Waals surface area contributed by atoms with E-state index in [1.165, 1.54) is 22.3 Å². The van der Waals surface area contributed by atoms with E-state index in [0.717, 1.165) is 12.8 Å². The Morgan fingerprint density at radius 3 is 2.20 bits per heavy atom. The van der Waals surface area contributed by atoms with Gasteiger partial charge in [-0.3, -0.25) is 0 Å². The Morgan fingerprint density at radius 2 is 1.60 bits per heavy atom. The molecule has 1 unspecified atom stereocenters. The van der Waals surface area contributed by atoms with Crippen LogP contribution < -0.4 is 5.73 Å². The lowest BCUT2D eigenvalue weighted by Crippen LogP contribution is -2.14. The van der Waals surface area contributed by atoms with Crippen molar-refractivity contribution in [3.05, 3.63) is 70.8 Å². The molecule has 2 rings (SSSR count). The summed E-state index contributed by atoms with van der Waals surface area (Å²) in [5, 5.41) is 0. The Morgan fingerprint density at radius 1 is 0.950 bits per heavy atom. The van der Waals surface area contributed by atoms with Gasteiger partial charge in [-0.1, -0.05) is 69.3 Å². The highest BCUT2D eigenvalue weighted by Gasteiger charge is 2.12. The van der Waals surface area contributed by atoms with E-state index in [1.807, 2.05) is 0 Å². The molecule has 2 N–H and O–H groups in total. The summed E-state index contributed by atoms with van der Waals surface area (Å²) in [5.74, 6) is 0.690. The van der Waals surface area contributed by atoms with Gasteiger partial charge in [0.25, 0.3) is 0 Å². The van der Waals surface area contributed by atoms with Crippen LogP contribution in [0.2, 0.25) is 0 Å². The minimum atomic E-state index is -0.0285. The SMILES string of the molecule is CCc1ccccc1C(N)c1ccc(CC(C)C)cc1. The van der Waals surface area contributed by atoms with Crippen molar-refractivity contribution in [2.75, 3.05) is 0 Å². The Hall–Kier alpha value is -1.60. The van der Waals surface area contributed by atoms with Gasteiger partial charge in [-0.15, -0.1) is 0 Å². The summed E-state index contributed by atoms with van der Waals surface area (Å²) in [6.45, 7) is 6.67. The molecule has 0 spiro atoms. The third kappa shape index (κ3) is 3.49. The van der Waals surface area contributed by atoms with Crippen molar-refractivity contribution in [3.63, 3.8) is 0 Å². The molecule has 0 radical (unpaired) electrons. The lowest BCUT2D eigenvalue weighted by atomic mass is 9.93. The molecule has 1 atom stereocenters. The molecule has 0 bridgehead atoms. The van der Waals surface area contributed by atoms with E-state index in [4.69, 9.17) is 5.73 Å². The first-order chi connectivity index (χ1) is 9.61. The van der Waals surface area contributed by atoms with Gasteiger partial charge in [-0.2, -0.15) is 0 Å². The molecule has 0 aromatic heterocycles. The highest BCUT2D eigenvalue weighted by Crippen LogP contribution is 2.24. The molecule has 0 amide bonds. The molecule has 0 aliphatic heterocycles. The number of hydrogen-bond acceptors (Lipinski definition) is 1. The molecule has 0 aliphatic rings. The Kier molecular flexibility index (Phi) is 4.97. The molecular weight excluding hydrogens is 242 g/mol. The maximum absolute atomic E-state index is 6.44. The van der Waals surface area contributed by atoms with Gasteiger partial charge in [0.05, 0.1) is 6.04 Å². The monoisotopic (exact) mass is 267 g/mol. The highest BCUT2D eigenvalue weighted by molar-refractivity contribution is 5.38. The molecular formula is C19H25N. The number of hydrogen-bond donors (Lipinski definition) is 1. The van der Waals surface area contributed by atoms with Gasteiger partial charge in [0.2, 0.25) is 0 Å². The lowest BCUT2D eigenvalue weighted by molar-refractivity contribution is 0.647. The molecule has 2 aromatic rings. The van der Waals surface area contributed by atoms with E-state index in [0.29, 0.717) is 5.92 Å². The summed E-state index contributed by atoms with van der Waals surface area (Å²) < 4.78 is 0. The van der Waals surface area contributed by atoms with E-state index >= 15 is 0 Å². The van der Waals surface area contributed by atoms with E-state index < -0.39 is 0 Å². The fraction of sp³-hybridized carbons (Fsp3) is 0.368. The quantitative estimate of drug-likeness (QED) is 0.848. The summed E-state index contributed by atoms with van der Waals surface area (Å²) in [6, 6.07) is 17.2. The molecule has 1 nitrogen and oxygen atoms in total. The van der Waals surface area contributed by atoms with Gasteiger partial charge >= 0.3 is 0 Å². The van der Waals surface area contributed by atoms with Gasteiger partial charge in [0.15, 0.2) is 0 Å². The normalized spacial score (nSPS) is 12.7. The van der Waals surface area contributed by atoms with E-state index in [1.54, 1.807) is 0 Å². The molecule has 0 aliphatic carbocycles. The van der Waals surface area contributed by atoms with Crippen LogP contribution in [0.1, 0.15) is 49.1 Å². The Balaban J connectivity index is 2.22. The van der Waals surface area contributed by atoms with E-state index in [2.05, 4.69) is 69.3 Å². The molecule has 0 fully saturated rings. The zero-order valence-corrected chi connectivity index (χ0v) is 12.8. The topological polar surface area (TPSA) is 26.0 Å². The molecule has 0 saturated heterocycles. The standard InChI is InChI=1S/C19H25N/c1-4-16-7-5-6-8-18(16)19(20)17-11-9-15(10-12-17)13-14(2)3/h5-12,14,19H,4,13,20H2,1-3H3. The van der Waals surface area contributed by atoms with Crippen molar-refractivity contribution >= 4 is 0 Å². The van der Waals surface area contributed by atoms with E-state index in [9.17, 15) is 0 Å². The van der Waals surface area contributed by atoms with E-state index in [-0.39, 0.29) is 6.04 Å². The first-order valence-electron chi connectivity index (χ1n) is 7.54. The summed E-state index contributed by atoms with van der Waals surface area (Å²) in [6.07, 6.45) is 2.15. The second-order valence-corrected chi connectivity index (χ2v) is 5.87. The average Bonchev–Trinajstić information content (AvgIpc) is 2.46. The summed E-state index contributed by atoms with van der Waals surface area (Å²) in [5.41, 5.74) is 11.6. The molecule has 106 valence electrons. The fourth-order valence-corrected chi connectivity index (χ4v) is 2.67. The van der Waals surface area contributed by atoms with Crippen molar-refractivity contribution in [2.24, 2.45) is 11.7 Å². The number of rotatable bonds is 5. The zero-order chi connectivity index (χ0) is 14.5. The van der Waals surface area contributed by atoms with Crippen molar-refractivity contribution in [2.45, 2.75) is 39.7 Å². The molecule has 20 heavy (non-hydrogen) atoms. The third-order valence-corrected chi connectivity index (χ3v) is 3.75. The molecule has 2 aromatic carbocycles. The predicted molar refractivity (Wildman–Crippen MR) is 86.8 cm³/mol. The van der Waals surface area contributed by atoms with Crippen LogP contribution in [0.5, 0.6) is 0 Å². The number of nitrogens with two attached hydrogens (primary N) is 1. The highest BCUT2D eigenvalue weighted by atomic mass is 14.6. The molecule has 0 saturated carbocycles. The second kappa shape index (κ2) is 6.71. The number of benzene rings is 2. The van der Waals surface area contributed by atoms with Crippen molar-refractivity contribution < 1.29 is 0 Å². The predicted octanol–water partition coefficient (Wildman–Crippen LogP) is 4.50. The minimum absolute atomic E-state index is 0.0285. The summed E-state index contributed by atoms with van der Waals surface area (Å²) >= 11 is 0. The smallest absolute Gasteiger partial charge is 0.0554 e.